The van der Waals surface area contributed by atoms with E-state index in [1.54, 1.807) is 7.11 Å². The summed E-state index contributed by atoms with van der Waals surface area (Å²) < 4.78 is 5.06. The van der Waals surface area contributed by atoms with E-state index in [0.29, 0.717) is 13.0 Å². The molecule has 2 N–H and O–H groups in total. The van der Waals surface area contributed by atoms with E-state index < -0.39 is 5.97 Å². The molecule has 0 aliphatic rings. The Morgan fingerprint density at radius 3 is 2.43 bits per heavy atom. The average Bonchev–Trinajstić information content (AvgIpc) is 2.49. The van der Waals surface area contributed by atoms with Gasteiger partial charge in [-0.25, -0.2) is 4.79 Å². The van der Waals surface area contributed by atoms with Crippen molar-refractivity contribution >= 4 is 12.0 Å². The molecule has 1 aromatic carbocycles. The van der Waals surface area contributed by atoms with Gasteiger partial charge in [0.2, 0.25) is 0 Å². The molecular weight excluding hydrogens is 272 g/mol. The van der Waals surface area contributed by atoms with Crippen molar-refractivity contribution in [2.45, 2.75) is 32.9 Å². The van der Waals surface area contributed by atoms with Crippen molar-refractivity contribution in [2.75, 3.05) is 13.7 Å². The van der Waals surface area contributed by atoms with Crippen molar-refractivity contribution in [1.82, 2.24) is 10.2 Å². The van der Waals surface area contributed by atoms with Crippen molar-refractivity contribution in [3.05, 3.63) is 29.8 Å². The van der Waals surface area contributed by atoms with E-state index in [9.17, 15) is 9.59 Å². The van der Waals surface area contributed by atoms with Crippen LogP contribution < -0.4 is 10.1 Å². The van der Waals surface area contributed by atoms with Crippen LogP contribution in [0.3, 0.4) is 0 Å². The van der Waals surface area contributed by atoms with E-state index in [4.69, 9.17) is 9.84 Å². The van der Waals surface area contributed by atoms with E-state index in [1.807, 2.05) is 38.1 Å². The van der Waals surface area contributed by atoms with E-state index in [-0.39, 0.29) is 18.6 Å². The Bertz CT molecular complexity index is 473. The lowest BCUT2D eigenvalue weighted by atomic mass is 10.2. The lowest BCUT2D eigenvalue weighted by Gasteiger charge is -2.27. The standard InChI is InChI=1S/C15H22N2O4/c1-4-11(2)17(10-14(18)19)15(20)16-9-12-5-7-13(21-3)8-6-12/h5-8,11H,4,9-10H2,1-3H3,(H,16,20)(H,18,19). The second kappa shape index (κ2) is 8.14. The number of amides is 2. The van der Waals surface area contributed by atoms with Gasteiger partial charge < -0.3 is 20.1 Å². The third-order valence-corrected chi connectivity index (χ3v) is 3.29. The molecule has 1 unspecified atom stereocenters. The molecule has 6 nitrogen and oxygen atoms in total. The summed E-state index contributed by atoms with van der Waals surface area (Å²) >= 11 is 0. The summed E-state index contributed by atoms with van der Waals surface area (Å²) in [7, 11) is 1.59. The summed E-state index contributed by atoms with van der Waals surface area (Å²) in [6.45, 7) is 3.78. The fourth-order valence-electron chi connectivity index (χ4n) is 1.82. The SMILES string of the molecule is CCC(C)N(CC(=O)O)C(=O)NCc1ccc(OC)cc1. The zero-order chi connectivity index (χ0) is 15.8. The number of nitrogens with one attached hydrogen (secondary N) is 1. The number of hydrogen-bond donors (Lipinski definition) is 2. The van der Waals surface area contributed by atoms with Gasteiger partial charge in [0.15, 0.2) is 0 Å². The quantitative estimate of drug-likeness (QED) is 0.807. The highest BCUT2D eigenvalue weighted by Gasteiger charge is 2.21. The Morgan fingerprint density at radius 1 is 1.33 bits per heavy atom. The first-order chi connectivity index (χ1) is 9.97. The van der Waals surface area contributed by atoms with Gasteiger partial charge in [0, 0.05) is 12.6 Å². The zero-order valence-corrected chi connectivity index (χ0v) is 12.6. The molecule has 0 saturated heterocycles. The van der Waals surface area contributed by atoms with Gasteiger partial charge in [-0.1, -0.05) is 19.1 Å². The molecule has 1 rings (SSSR count). The molecule has 2 amide bonds. The predicted molar refractivity (Wildman–Crippen MR) is 79.3 cm³/mol. The van der Waals surface area contributed by atoms with Gasteiger partial charge in [-0.3, -0.25) is 4.79 Å². The molecule has 0 radical (unpaired) electrons. The van der Waals surface area contributed by atoms with Crippen LogP contribution in [-0.4, -0.2) is 41.7 Å². The fourth-order valence-corrected chi connectivity index (χ4v) is 1.82. The first-order valence-electron chi connectivity index (χ1n) is 6.87. The third kappa shape index (κ3) is 5.33. The Morgan fingerprint density at radius 2 is 1.95 bits per heavy atom. The second-order valence-electron chi connectivity index (χ2n) is 4.79. The van der Waals surface area contributed by atoms with Crippen LogP contribution in [0, 0.1) is 0 Å². The average molecular weight is 294 g/mol. The maximum Gasteiger partial charge on any atom is 0.323 e. The molecule has 6 heteroatoms. The Labute approximate surface area is 124 Å². The number of rotatable bonds is 7. The van der Waals surface area contributed by atoms with Crippen molar-refractivity contribution in [3.63, 3.8) is 0 Å². The van der Waals surface area contributed by atoms with Crippen LogP contribution in [0.1, 0.15) is 25.8 Å². The van der Waals surface area contributed by atoms with Crippen LogP contribution in [0.5, 0.6) is 5.75 Å². The summed E-state index contributed by atoms with van der Waals surface area (Å²) in [6.07, 6.45) is 0.698. The molecule has 0 fully saturated rings. The van der Waals surface area contributed by atoms with Crippen LogP contribution in [0.2, 0.25) is 0 Å². The number of ether oxygens (including phenoxy) is 1. The summed E-state index contributed by atoms with van der Waals surface area (Å²) in [5, 5.41) is 11.6. The van der Waals surface area contributed by atoms with Gasteiger partial charge in [0.05, 0.1) is 7.11 Å². The smallest absolute Gasteiger partial charge is 0.323 e. The lowest BCUT2D eigenvalue weighted by Crippen LogP contribution is -2.47. The summed E-state index contributed by atoms with van der Waals surface area (Å²) in [5.41, 5.74) is 0.920. The van der Waals surface area contributed by atoms with E-state index >= 15 is 0 Å². The van der Waals surface area contributed by atoms with Crippen molar-refractivity contribution in [2.24, 2.45) is 0 Å². The highest BCUT2D eigenvalue weighted by molar-refractivity contribution is 5.80. The topological polar surface area (TPSA) is 78.9 Å². The minimum absolute atomic E-state index is 0.128. The molecule has 116 valence electrons. The van der Waals surface area contributed by atoms with Crippen LogP contribution >= 0.6 is 0 Å². The van der Waals surface area contributed by atoms with Gasteiger partial charge >= 0.3 is 12.0 Å². The molecule has 21 heavy (non-hydrogen) atoms. The van der Waals surface area contributed by atoms with Crippen molar-refractivity contribution in [3.8, 4) is 5.75 Å². The molecule has 0 aliphatic carbocycles. The number of urea groups is 1. The number of hydrogen-bond acceptors (Lipinski definition) is 3. The Kier molecular flexibility index (Phi) is 6.52. The van der Waals surface area contributed by atoms with E-state index in [0.717, 1.165) is 11.3 Å². The summed E-state index contributed by atoms with van der Waals surface area (Å²) in [6, 6.07) is 6.82. The Balaban J connectivity index is 2.61. The number of aliphatic carboxylic acids is 1. The molecule has 0 bridgehead atoms. The number of carboxylic acids is 1. The van der Waals surface area contributed by atoms with Crippen LogP contribution in [0.15, 0.2) is 24.3 Å². The zero-order valence-electron chi connectivity index (χ0n) is 12.6. The first-order valence-corrected chi connectivity index (χ1v) is 6.87. The third-order valence-electron chi connectivity index (χ3n) is 3.29. The Hall–Kier alpha value is -2.24. The van der Waals surface area contributed by atoms with Crippen LogP contribution in [0.4, 0.5) is 4.79 Å². The van der Waals surface area contributed by atoms with Gasteiger partial charge in [-0.2, -0.15) is 0 Å². The largest absolute Gasteiger partial charge is 0.497 e. The number of nitrogens with zero attached hydrogens (tertiary/aromatic N) is 1. The molecule has 0 aliphatic heterocycles. The highest BCUT2D eigenvalue weighted by atomic mass is 16.5. The van der Waals surface area contributed by atoms with Gasteiger partial charge in [-0.15, -0.1) is 0 Å². The van der Waals surface area contributed by atoms with Gasteiger partial charge in [0.1, 0.15) is 12.3 Å². The van der Waals surface area contributed by atoms with Gasteiger partial charge in [-0.05, 0) is 31.0 Å². The van der Waals surface area contributed by atoms with Crippen LogP contribution in [0.25, 0.3) is 0 Å². The molecule has 0 heterocycles. The normalized spacial score (nSPS) is 11.6. The van der Waals surface area contributed by atoms with Crippen LogP contribution in [-0.2, 0) is 11.3 Å². The van der Waals surface area contributed by atoms with Crippen molar-refractivity contribution < 1.29 is 19.4 Å². The number of carbonyl (C=O) groups is 2. The number of carboxylic acid groups (broad SMARTS) is 1. The summed E-state index contributed by atoms with van der Waals surface area (Å²) in [5.74, 6) is -0.271. The highest BCUT2D eigenvalue weighted by Crippen LogP contribution is 2.11. The lowest BCUT2D eigenvalue weighted by molar-refractivity contribution is -0.138. The molecule has 0 saturated carbocycles. The van der Waals surface area contributed by atoms with Crippen molar-refractivity contribution in [1.29, 1.82) is 0 Å². The maximum atomic E-state index is 12.1. The van der Waals surface area contributed by atoms with E-state index in [1.165, 1.54) is 4.90 Å². The minimum atomic E-state index is -1.02. The monoisotopic (exact) mass is 294 g/mol. The predicted octanol–water partition coefficient (Wildman–Crippen LogP) is 2.09. The summed E-state index contributed by atoms with van der Waals surface area (Å²) in [4.78, 5) is 24.3. The minimum Gasteiger partial charge on any atom is -0.497 e. The first kappa shape index (κ1) is 16.8. The second-order valence-corrected chi connectivity index (χ2v) is 4.79. The molecule has 1 aromatic rings. The van der Waals surface area contributed by atoms with E-state index in [2.05, 4.69) is 5.32 Å². The molecule has 0 aromatic heterocycles. The van der Waals surface area contributed by atoms with Gasteiger partial charge in [0.25, 0.3) is 0 Å². The molecular formula is C15H22N2O4. The molecule has 0 spiro atoms. The maximum absolute atomic E-state index is 12.1. The number of benzene rings is 1. The molecule has 1 atom stereocenters. The fraction of sp³-hybridized carbons (Fsp3) is 0.467. The number of carbonyl (C=O) groups excluding carboxylic acids is 1. The number of methoxy groups -OCH3 is 1.